The number of hydrogen-bond donors (Lipinski definition) is 2. The molecule has 1 heterocycles. The molecule has 0 aromatic heterocycles. The van der Waals surface area contributed by atoms with Crippen LogP contribution in [0.1, 0.15) is 26.2 Å². The molecule has 6 heteroatoms. The van der Waals surface area contributed by atoms with Crippen molar-refractivity contribution in [2.45, 2.75) is 32.2 Å². The van der Waals surface area contributed by atoms with Crippen LogP contribution in [0.4, 0.5) is 0 Å². The molecule has 0 radical (unpaired) electrons. The number of piperazine rings is 1. The van der Waals surface area contributed by atoms with Gasteiger partial charge in [0.25, 0.3) is 10.2 Å². The summed E-state index contributed by atoms with van der Waals surface area (Å²) in [4.78, 5) is 0. The molecule has 1 saturated heterocycles. The van der Waals surface area contributed by atoms with E-state index in [9.17, 15) is 8.42 Å². The molecule has 0 spiro atoms. The van der Waals surface area contributed by atoms with E-state index in [1.807, 2.05) is 6.92 Å². The Hall–Kier alpha value is -0.170. The van der Waals surface area contributed by atoms with E-state index >= 15 is 0 Å². The van der Waals surface area contributed by atoms with E-state index in [-0.39, 0.29) is 6.04 Å². The van der Waals surface area contributed by atoms with Gasteiger partial charge in [-0.25, -0.2) is 0 Å². The van der Waals surface area contributed by atoms with Gasteiger partial charge in [-0.3, -0.25) is 0 Å². The Morgan fingerprint density at radius 3 is 2.56 bits per heavy atom. The van der Waals surface area contributed by atoms with Gasteiger partial charge in [-0.2, -0.15) is 17.4 Å². The first-order chi connectivity index (χ1) is 7.58. The molecule has 1 unspecified atom stereocenters. The molecular weight excluding hydrogens is 226 g/mol. The van der Waals surface area contributed by atoms with Gasteiger partial charge >= 0.3 is 0 Å². The van der Waals surface area contributed by atoms with E-state index in [0.29, 0.717) is 13.1 Å². The lowest BCUT2D eigenvalue weighted by Gasteiger charge is -2.28. The fraction of sp³-hybridized carbons (Fsp3) is 1.00. The van der Waals surface area contributed by atoms with Crippen LogP contribution < -0.4 is 10.0 Å². The third-order valence-electron chi connectivity index (χ3n) is 3.15. The zero-order valence-electron chi connectivity index (χ0n) is 9.78. The van der Waals surface area contributed by atoms with E-state index < -0.39 is 10.2 Å². The standard InChI is InChI=1S/C10H21N3O2S/c1-9(8-10-2-3-10)12-16(14,15)13-6-4-11-5-7-13/h9-12H,2-8H2,1H3. The number of rotatable bonds is 5. The molecule has 5 nitrogen and oxygen atoms in total. The molecule has 0 amide bonds. The van der Waals surface area contributed by atoms with Crippen LogP contribution >= 0.6 is 0 Å². The molecule has 2 N–H and O–H groups in total. The smallest absolute Gasteiger partial charge is 0.279 e. The lowest BCUT2D eigenvalue weighted by molar-refractivity contribution is 0.350. The lowest BCUT2D eigenvalue weighted by atomic mass is 10.2. The molecule has 0 bridgehead atoms. The van der Waals surface area contributed by atoms with Crippen LogP contribution in [0.2, 0.25) is 0 Å². The largest absolute Gasteiger partial charge is 0.314 e. The maximum Gasteiger partial charge on any atom is 0.279 e. The summed E-state index contributed by atoms with van der Waals surface area (Å²) in [5, 5.41) is 3.15. The van der Waals surface area contributed by atoms with Crippen molar-refractivity contribution in [1.29, 1.82) is 0 Å². The second kappa shape index (κ2) is 5.00. The molecule has 1 aliphatic carbocycles. The molecule has 2 aliphatic rings. The average molecular weight is 247 g/mol. The van der Waals surface area contributed by atoms with Gasteiger partial charge in [-0.05, 0) is 19.3 Å². The van der Waals surface area contributed by atoms with Gasteiger partial charge in [0, 0.05) is 32.2 Å². The summed E-state index contributed by atoms with van der Waals surface area (Å²) < 4.78 is 28.3. The fourth-order valence-corrected chi connectivity index (χ4v) is 3.53. The minimum absolute atomic E-state index is 0.0624. The van der Waals surface area contributed by atoms with Crippen molar-refractivity contribution in [1.82, 2.24) is 14.3 Å². The monoisotopic (exact) mass is 247 g/mol. The Bertz CT molecular complexity index is 321. The van der Waals surface area contributed by atoms with Gasteiger partial charge in [-0.1, -0.05) is 12.8 Å². The minimum Gasteiger partial charge on any atom is -0.314 e. The van der Waals surface area contributed by atoms with Crippen molar-refractivity contribution >= 4 is 10.2 Å². The van der Waals surface area contributed by atoms with Gasteiger partial charge < -0.3 is 5.32 Å². The maximum absolute atomic E-state index is 12.0. The summed E-state index contributed by atoms with van der Waals surface area (Å²) >= 11 is 0. The summed E-state index contributed by atoms with van der Waals surface area (Å²) in [5.41, 5.74) is 0. The van der Waals surface area contributed by atoms with E-state index in [1.54, 1.807) is 0 Å². The number of nitrogens with zero attached hydrogens (tertiary/aromatic N) is 1. The van der Waals surface area contributed by atoms with Crippen molar-refractivity contribution in [3.05, 3.63) is 0 Å². The van der Waals surface area contributed by atoms with Crippen LogP contribution in [0.5, 0.6) is 0 Å². The maximum atomic E-state index is 12.0. The predicted octanol–water partition coefficient (Wildman–Crippen LogP) is -0.0854. The Kier molecular flexibility index (Phi) is 3.84. The van der Waals surface area contributed by atoms with Gasteiger partial charge in [0.2, 0.25) is 0 Å². The van der Waals surface area contributed by atoms with E-state index in [1.165, 1.54) is 17.1 Å². The van der Waals surface area contributed by atoms with Crippen LogP contribution in [0.15, 0.2) is 0 Å². The van der Waals surface area contributed by atoms with Gasteiger partial charge in [0.1, 0.15) is 0 Å². The molecule has 1 saturated carbocycles. The van der Waals surface area contributed by atoms with Crippen molar-refractivity contribution in [3.8, 4) is 0 Å². The summed E-state index contributed by atoms with van der Waals surface area (Å²) in [6, 6.07) is 0.0624. The SMILES string of the molecule is CC(CC1CC1)NS(=O)(=O)N1CCNCC1. The Morgan fingerprint density at radius 2 is 2.00 bits per heavy atom. The first-order valence-electron chi connectivity index (χ1n) is 6.06. The number of hydrogen-bond acceptors (Lipinski definition) is 3. The normalized spacial score (nSPS) is 25.6. The average Bonchev–Trinajstić information content (AvgIpc) is 3.02. The highest BCUT2D eigenvalue weighted by molar-refractivity contribution is 7.87. The van der Waals surface area contributed by atoms with Crippen molar-refractivity contribution in [2.75, 3.05) is 26.2 Å². The summed E-state index contributed by atoms with van der Waals surface area (Å²) in [7, 11) is -3.26. The summed E-state index contributed by atoms with van der Waals surface area (Å²) in [6.45, 7) is 4.60. The van der Waals surface area contributed by atoms with Crippen LogP contribution in [-0.2, 0) is 10.2 Å². The van der Waals surface area contributed by atoms with Crippen LogP contribution in [-0.4, -0.2) is 44.9 Å². The molecule has 1 aliphatic heterocycles. The molecule has 0 aromatic carbocycles. The Balaban J connectivity index is 1.84. The Labute approximate surface area is 97.8 Å². The van der Waals surface area contributed by atoms with Crippen LogP contribution in [0, 0.1) is 5.92 Å². The number of nitrogens with one attached hydrogen (secondary N) is 2. The molecule has 0 aromatic rings. The Morgan fingerprint density at radius 1 is 1.38 bits per heavy atom. The van der Waals surface area contributed by atoms with Crippen molar-refractivity contribution in [2.24, 2.45) is 5.92 Å². The second-order valence-electron chi connectivity index (χ2n) is 4.85. The summed E-state index contributed by atoms with van der Waals surface area (Å²) in [5.74, 6) is 0.751. The second-order valence-corrected chi connectivity index (χ2v) is 6.55. The summed E-state index contributed by atoms with van der Waals surface area (Å²) in [6.07, 6.45) is 3.50. The molecular formula is C10H21N3O2S. The quantitative estimate of drug-likeness (QED) is 0.714. The molecule has 2 rings (SSSR count). The van der Waals surface area contributed by atoms with Gasteiger partial charge in [0.05, 0.1) is 0 Å². The third kappa shape index (κ3) is 3.41. The molecule has 2 fully saturated rings. The van der Waals surface area contributed by atoms with Crippen LogP contribution in [0.3, 0.4) is 0 Å². The topological polar surface area (TPSA) is 61.4 Å². The van der Waals surface area contributed by atoms with Crippen molar-refractivity contribution < 1.29 is 8.42 Å². The predicted molar refractivity (Wildman–Crippen MR) is 63.3 cm³/mol. The highest BCUT2D eigenvalue weighted by Crippen LogP contribution is 2.33. The van der Waals surface area contributed by atoms with Gasteiger partial charge in [0.15, 0.2) is 0 Å². The fourth-order valence-electron chi connectivity index (χ4n) is 2.12. The van der Waals surface area contributed by atoms with E-state index in [0.717, 1.165) is 25.4 Å². The van der Waals surface area contributed by atoms with Crippen LogP contribution in [0.25, 0.3) is 0 Å². The molecule has 1 atom stereocenters. The minimum atomic E-state index is -3.26. The first-order valence-corrected chi connectivity index (χ1v) is 7.50. The van der Waals surface area contributed by atoms with E-state index in [2.05, 4.69) is 10.0 Å². The highest BCUT2D eigenvalue weighted by atomic mass is 32.2. The molecule has 16 heavy (non-hydrogen) atoms. The highest BCUT2D eigenvalue weighted by Gasteiger charge is 2.28. The van der Waals surface area contributed by atoms with E-state index in [4.69, 9.17) is 0 Å². The lowest BCUT2D eigenvalue weighted by Crippen LogP contribution is -2.52. The molecule has 94 valence electrons. The first kappa shape index (κ1) is 12.3. The third-order valence-corrected chi connectivity index (χ3v) is 4.90. The van der Waals surface area contributed by atoms with Crippen molar-refractivity contribution in [3.63, 3.8) is 0 Å². The van der Waals surface area contributed by atoms with Gasteiger partial charge in [-0.15, -0.1) is 0 Å². The zero-order chi connectivity index (χ0) is 11.6. The zero-order valence-corrected chi connectivity index (χ0v) is 10.6.